The normalized spacial score (nSPS) is 17.1. The average molecular weight is 290 g/mol. The first-order chi connectivity index (χ1) is 10.1. The minimum Gasteiger partial charge on any atom is -0.465 e. The Balaban J connectivity index is 1.93. The van der Waals surface area contributed by atoms with Gasteiger partial charge in [0.25, 0.3) is 0 Å². The Morgan fingerprint density at radius 1 is 1.14 bits per heavy atom. The van der Waals surface area contributed by atoms with Gasteiger partial charge in [0.1, 0.15) is 0 Å². The highest BCUT2D eigenvalue weighted by Gasteiger charge is 2.19. The standard InChI is InChI=1S/C17H26N2O2/c1-14(2)12-18-8-10-19(11-9-18)13-15-6-4-5-7-16(15)17(20)21-3/h4-7,14H,8-13H2,1-3H3. The summed E-state index contributed by atoms with van der Waals surface area (Å²) in [5.74, 6) is 0.473. The molecular weight excluding hydrogens is 264 g/mol. The van der Waals surface area contributed by atoms with Crippen LogP contribution < -0.4 is 0 Å². The van der Waals surface area contributed by atoms with E-state index in [0.717, 1.165) is 44.2 Å². The van der Waals surface area contributed by atoms with E-state index in [9.17, 15) is 4.79 Å². The van der Waals surface area contributed by atoms with Crippen molar-refractivity contribution in [3.8, 4) is 0 Å². The molecule has 0 spiro atoms. The fraction of sp³-hybridized carbons (Fsp3) is 0.588. The molecule has 1 heterocycles. The molecule has 0 aromatic heterocycles. The molecule has 1 fully saturated rings. The third-order valence-electron chi connectivity index (χ3n) is 3.90. The molecule has 0 N–H and O–H groups in total. The molecule has 1 aromatic rings. The van der Waals surface area contributed by atoms with Gasteiger partial charge in [-0.05, 0) is 17.5 Å². The Morgan fingerprint density at radius 2 is 1.76 bits per heavy atom. The van der Waals surface area contributed by atoms with Crippen LogP contribution in [-0.2, 0) is 11.3 Å². The first-order valence-corrected chi connectivity index (χ1v) is 7.71. The molecule has 0 atom stereocenters. The van der Waals surface area contributed by atoms with Crippen molar-refractivity contribution in [1.82, 2.24) is 9.80 Å². The molecule has 1 aromatic carbocycles. The maximum atomic E-state index is 11.8. The molecule has 0 aliphatic carbocycles. The number of esters is 1. The topological polar surface area (TPSA) is 32.8 Å². The quantitative estimate of drug-likeness (QED) is 0.779. The highest BCUT2D eigenvalue weighted by Crippen LogP contribution is 2.15. The fourth-order valence-electron chi connectivity index (χ4n) is 2.85. The van der Waals surface area contributed by atoms with Crippen LogP contribution in [-0.4, -0.2) is 55.6 Å². The minimum atomic E-state index is -0.246. The third-order valence-corrected chi connectivity index (χ3v) is 3.90. The molecule has 21 heavy (non-hydrogen) atoms. The number of piperazine rings is 1. The number of hydrogen-bond donors (Lipinski definition) is 0. The lowest BCUT2D eigenvalue weighted by molar-refractivity contribution is 0.0596. The predicted molar refractivity (Wildman–Crippen MR) is 84.3 cm³/mol. The van der Waals surface area contributed by atoms with E-state index in [1.54, 1.807) is 0 Å². The maximum Gasteiger partial charge on any atom is 0.338 e. The van der Waals surface area contributed by atoms with Crippen LogP contribution in [0.15, 0.2) is 24.3 Å². The van der Waals surface area contributed by atoms with Crippen LogP contribution in [0.4, 0.5) is 0 Å². The van der Waals surface area contributed by atoms with Crippen LogP contribution in [0, 0.1) is 5.92 Å². The summed E-state index contributed by atoms with van der Waals surface area (Å²) in [4.78, 5) is 16.7. The van der Waals surface area contributed by atoms with E-state index in [4.69, 9.17) is 4.74 Å². The SMILES string of the molecule is COC(=O)c1ccccc1CN1CCN(CC(C)C)CC1. The molecular formula is C17H26N2O2. The zero-order valence-electron chi connectivity index (χ0n) is 13.3. The van der Waals surface area contributed by atoms with Crippen molar-refractivity contribution in [2.75, 3.05) is 39.8 Å². The van der Waals surface area contributed by atoms with Gasteiger partial charge in [0.15, 0.2) is 0 Å². The van der Waals surface area contributed by atoms with Gasteiger partial charge < -0.3 is 9.64 Å². The van der Waals surface area contributed by atoms with Gasteiger partial charge in [0, 0.05) is 39.3 Å². The highest BCUT2D eigenvalue weighted by molar-refractivity contribution is 5.90. The van der Waals surface area contributed by atoms with Crippen molar-refractivity contribution in [2.24, 2.45) is 5.92 Å². The number of rotatable bonds is 5. The Hall–Kier alpha value is -1.39. The van der Waals surface area contributed by atoms with Gasteiger partial charge in [-0.2, -0.15) is 0 Å². The van der Waals surface area contributed by atoms with Gasteiger partial charge in [-0.3, -0.25) is 4.90 Å². The molecule has 1 saturated heterocycles. The van der Waals surface area contributed by atoms with Crippen molar-refractivity contribution in [1.29, 1.82) is 0 Å². The lowest BCUT2D eigenvalue weighted by Crippen LogP contribution is -2.47. The maximum absolute atomic E-state index is 11.8. The molecule has 0 bridgehead atoms. The minimum absolute atomic E-state index is 0.246. The zero-order chi connectivity index (χ0) is 15.2. The molecule has 0 radical (unpaired) electrons. The number of hydrogen-bond acceptors (Lipinski definition) is 4. The van der Waals surface area contributed by atoms with Crippen molar-refractivity contribution in [3.05, 3.63) is 35.4 Å². The third kappa shape index (κ3) is 4.55. The number of carbonyl (C=O) groups is 1. The molecule has 1 aliphatic heterocycles. The zero-order valence-corrected chi connectivity index (χ0v) is 13.3. The Labute approximate surface area is 127 Å². The van der Waals surface area contributed by atoms with Crippen LogP contribution in [0.5, 0.6) is 0 Å². The van der Waals surface area contributed by atoms with Gasteiger partial charge in [-0.15, -0.1) is 0 Å². The van der Waals surface area contributed by atoms with E-state index in [0.29, 0.717) is 5.56 Å². The van der Waals surface area contributed by atoms with Crippen LogP contribution in [0.25, 0.3) is 0 Å². The molecule has 116 valence electrons. The molecule has 2 rings (SSSR count). The smallest absolute Gasteiger partial charge is 0.338 e. The van der Waals surface area contributed by atoms with E-state index in [1.165, 1.54) is 13.7 Å². The summed E-state index contributed by atoms with van der Waals surface area (Å²) in [5.41, 5.74) is 1.74. The first-order valence-electron chi connectivity index (χ1n) is 7.71. The summed E-state index contributed by atoms with van der Waals surface area (Å²) >= 11 is 0. The summed E-state index contributed by atoms with van der Waals surface area (Å²) in [6.45, 7) is 10.9. The number of ether oxygens (including phenoxy) is 1. The number of methoxy groups -OCH3 is 1. The second kappa shape index (κ2) is 7.57. The number of carbonyl (C=O) groups excluding carboxylic acids is 1. The lowest BCUT2D eigenvalue weighted by Gasteiger charge is -2.35. The van der Waals surface area contributed by atoms with Gasteiger partial charge in [0.05, 0.1) is 12.7 Å². The second-order valence-electron chi connectivity index (χ2n) is 6.12. The first kappa shape index (κ1) is 16.0. The Bertz CT molecular complexity index is 466. The average Bonchev–Trinajstić information content (AvgIpc) is 2.48. The Kier molecular flexibility index (Phi) is 5.76. The van der Waals surface area contributed by atoms with Crippen molar-refractivity contribution in [2.45, 2.75) is 20.4 Å². The predicted octanol–water partition coefficient (Wildman–Crippen LogP) is 2.25. The number of benzene rings is 1. The summed E-state index contributed by atoms with van der Waals surface area (Å²) in [7, 11) is 1.43. The van der Waals surface area contributed by atoms with Gasteiger partial charge in [-0.25, -0.2) is 4.79 Å². The van der Waals surface area contributed by atoms with E-state index >= 15 is 0 Å². The summed E-state index contributed by atoms with van der Waals surface area (Å²) in [6, 6.07) is 7.73. The summed E-state index contributed by atoms with van der Waals surface area (Å²) < 4.78 is 4.86. The van der Waals surface area contributed by atoms with Gasteiger partial charge in [0.2, 0.25) is 0 Å². The second-order valence-corrected chi connectivity index (χ2v) is 6.12. The van der Waals surface area contributed by atoms with E-state index in [-0.39, 0.29) is 5.97 Å². The molecule has 0 saturated carbocycles. The molecule has 4 nitrogen and oxygen atoms in total. The monoisotopic (exact) mass is 290 g/mol. The van der Waals surface area contributed by atoms with Crippen LogP contribution >= 0.6 is 0 Å². The largest absolute Gasteiger partial charge is 0.465 e. The van der Waals surface area contributed by atoms with Crippen molar-refractivity contribution >= 4 is 5.97 Å². The van der Waals surface area contributed by atoms with Crippen LogP contribution in [0.3, 0.4) is 0 Å². The summed E-state index contributed by atoms with van der Waals surface area (Å²) in [6.07, 6.45) is 0. The molecule has 1 aliphatic rings. The van der Waals surface area contributed by atoms with E-state index in [1.807, 2.05) is 24.3 Å². The highest BCUT2D eigenvalue weighted by atomic mass is 16.5. The van der Waals surface area contributed by atoms with Crippen LogP contribution in [0.1, 0.15) is 29.8 Å². The molecule has 0 unspecified atom stereocenters. The lowest BCUT2D eigenvalue weighted by atomic mass is 10.1. The van der Waals surface area contributed by atoms with Gasteiger partial charge >= 0.3 is 5.97 Å². The van der Waals surface area contributed by atoms with Crippen LogP contribution in [0.2, 0.25) is 0 Å². The van der Waals surface area contributed by atoms with Gasteiger partial charge in [-0.1, -0.05) is 32.0 Å². The molecule has 4 heteroatoms. The van der Waals surface area contributed by atoms with Crippen molar-refractivity contribution < 1.29 is 9.53 Å². The fourth-order valence-corrected chi connectivity index (χ4v) is 2.85. The molecule has 0 amide bonds. The van der Waals surface area contributed by atoms with E-state index < -0.39 is 0 Å². The number of nitrogens with zero attached hydrogens (tertiary/aromatic N) is 2. The Morgan fingerprint density at radius 3 is 2.38 bits per heavy atom. The van der Waals surface area contributed by atoms with Crippen molar-refractivity contribution in [3.63, 3.8) is 0 Å². The summed E-state index contributed by atoms with van der Waals surface area (Å²) in [5, 5.41) is 0. The van der Waals surface area contributed by atoms with E-state index in [2.05, 4.69) is 23.6 Å².